The molecule has 0 saturated carbocycles. The molecule has 1 aromatic heterocycles. The quantitative estimate of drug-likeness (QED) is 0.770. The summed E-state index contributed by atoms with van der Waals surface area (Å²) in [5.41, 5.74) is 0.744. The lowest BCUT2D eigenvalue weighted by Crippen LogP contribution is -2.35. The second-order valence-corrected chi connectivity index (χ2v) is 6.05. The molecule has 0 aliphatic rings. The van der Waals surface area contributed by atoms with Gasteiger partial charge in [-0.1, -0.05) is 19.0 Å². The first-order chi connectivity index (χ1) is 12.3. The maximum absolute atomic E-state index is 12.7. The molecule has 0 saturated heterocycles. The number of carboxylic acids is 1. The van der Waals surface area contributed by atoms with Crippen LogP contribution in [0.5, 0.6) is 11.5 Å². The van der Waals surface area contributed by atoms with Gasteiger partial charge in [-0.2, -0.15) is 0 Å². The van der Waals surface area contributed by atoms with Gasteiger partial charge in [0.25, 0.3) is 5.91 Å². The second-order valence-electron chi connectivity index (χ2n) is 6.05. The van der Waals surface area contributed by atoms with Gasteiger partial charge in [0.05, 0.1) is 14.2 Å². The van der Waals surface area contributed by atoms with E-state index in [1.54, 1.807) is 18.2 Å². The highest BCUT2D eigenvalue weighted by Gasteiger charge is 2.23. The number of carbonyl (C=O) groups excluding carboxylic acids is 1. The number of carboxylic acid groups (broad SMARTS) is 1. The number of hydrogen-bond donors (Lipinski definition) is 1. The van der Waals surface area contributed by atoms with Gasteiger partial charge < -0.3 is 24.0 Å². The van der Waals surface area contributed by atoms with Crippen molar-refractivity contribution in [3.05, 3.63) is 41.3 Å². The molecule has 0 spiro atoms. The van der Waals surface area contributed by atoms with Crippen molar-refractivity contribution in [2.24, 2.45) is 0 Å². The summed E-state index contributed by atoms with van der Waals surface area (Å²) in [6.07, 6.45) is 0. The molecule has 8 heteroatoms. The summed E-state index contributed by atoms with van der Waals surface area (Å²) in [7, 11) is 3.03. The Morgan fingerprint density at radius 3 is 2.23 bits per heavy atom. The van der Waals surface area contributed by atoms with Crippen molar-refractivity contribution in [2.45, 2.75) is 26.3 Å². The molecule has 2 aromatic rings. The first kappa shape index (κ1) is 19.3. The maximum atomic E-state index is 12.7. The molecular formula is C18H22N2O6. The zero-order chi connectivity index (χ0) is 19.3. The number of hydrogen-bond acceptors (Lipinski definition) is 6. The highest BCUT2D eigenvalue weighted by Crippen LogP contribution is 2.24. The van der Waals surface area contributed by atoms with Crippen LogP contribution in [-0.4, -0.2) is 47.8 Å². The molecule has 1 amide bonds. The topological polar surface area (TPSA) is 102 Å². The number of ether oxygens (including phenoxy) is 2. The molecule has 0 aliphatic carbocycles. The lowest BCUT2D eigenvalue weighted by atomic mass is 10.1. The minimum absolute atomic E-state index is 0.0581. The number of benzene rings is 1. The van der Waals surface area contributed by atoms with Gasteiger partial charge in [0, 0.05) is 24.6 Å². The SMILES string of the molecule is COc1cc(CN(CC(=O)O)C(=O)c2cc(C(C)C)on2)cc(OC)c1. The highest BCUT2D eigenvalue weighted by molar-refractivity contribution is 5.94. The van der Waals surface area contributed by atoms with Gasteiger partial charge in [-0.15, -0.1) is 0 Å². The van der Waals surface area contributed by atoms with E-state index in [1.165, 1.54) is 25.2 Å². The molecule has 1 aromatic carbocycles. The molecule has 1 N–H and O–H groups in total. The molecular weight excluding hydrogens is 340 g/mol. The Morgan fingerprint density at radius 1 is 1.15 bits per heavy atom. The average Bonchev–Trinajstić information content (AvgIpc) is 3.10. The number of rotatable bonds is 8. The van der Waals surface area contributed by atoms with Gasteiger partial charge in [-0.05, 0) is 17.7 Å². The molecule has 1 heterocycles. The molecule has 0 atom stereocenters. The number of amides is 1. The van der Waals surface area contributed by atoms with Crippen molar-refractivity contribution >= 4 is 11.9 Å². The standard InChI is InChI=1S/C18H22N2O6/c1-11(2)16-8-15(19-26-16)18(23)20(10-17(21)22)9-12-5-13(24-3)7-14(6-12)25-4/h5-8,11H,9-10H2,1-4H3,(H,21,22). The Labute approximate surface area is 151 Å². The minimum atomic E-state index is -1.12. The van der Waals surface area contributed by atoms with Crippen LogP contribution < -0.4 is 9.47 Å². The third-order valence-corrected chi connectivity index (χ3v) is 3.71. The first-order valence-corrected chi connectivity index (χ1v) is 8.03. The smallest absolute Gasteiger partial charge is 0.323 e. The summed E-state index contributed by atoms with van der Waals surface area (Å²) < 4.78 is 15.6. The second kappa shape index (κ2) is 8.37. The van der Waals surface area contributed by atoms with Crippen LogP contribution >= 0.6 is 0 Å². The van der Waals surface area contributed by atoms with Crippen molar-refractivity contribution in [1.82, 2.24) is 10.1 Å². The van der Waals surface area contributed by atoms with E-state index in [9.17, 15) is 9.59 Å². The van der Waals surface area contributed by atoms with Crippen LogP contribution in [0.25, 0.3) is 0 Å². The first-order valence-electron chi connectivity index (χ1n) is 8.03. The van der Waals surface area contributed by atoms with Gasteiger partial charge in [-0.3, -0.25) is 9.59 Å². The third kappa shape index (κ3) is 4.75. The summed E-state index contributed by atoms with van der Waals surface area (Å²) in [4.78, 5) is 25.1. The Bertz CT molecular complexity index is 761. The maximum Gasteiger partial charge on any atom is 0.323 e. The van der Waals surface area contributed by atoms with E-state index in [-0.39, 0.29) is 18.2 Å². The van der Waals surface area contributed by atoms with Gasteiger partial charge in [-0.25, -0.2) is 0 Å². The van der Waals surface area contributed by atoms with Gasteiger partial charge in [0.15, 0.2) is 5.69 Å². The molecule has 0 bridgehead atoms. The van der Waals surface area contributed by atoms with Crippen molar-refractivity contribution < 1.29 is 28.7 Å². The van der Waals surface area contributed by atoms with Gasteiger partial charge in [0.1, 0.15) is 23.8 Å². The fourth-order valence-corrected chi connectivity index (χ4v) is 2.37. The number of aromatic nitrogens is 1. The lowest BCUT2D eigenvalue weighted by molar-refractivity contribution is -0.137. The van der Waals surface area contributed by atoms with E-state index in [0.29, 0.717) is 22.8 Å². The molecule has 2 rings (SSSR count). The summed E-state index contributed by atoms with van der Waals surface area (Å²) in [5, 5.41) is 12.9. The predicted molar refractivity (Wildman–Crippen MR) is 92.5 cm³/mol. The Morgan fingerprint density at radius 2 is 1.77 bits per heavy atom. The number of aliphatic carboxylic acids is 1. The Balaban J connectivity index is 2.29. The van der Waals surface area contributed by atoms with E-state index in [4.69, 9.17) is 19.1 Å². The third-order valence-electron chi connectivity index (χ3n) is 3.71. The van der Waals surface area contributed by atoms with E-state index >= 15 is 0 Å². The largest absolute Gasteiger partial charge is 0.497 e. The molecule has 140 valence electrons. The summed E-state index contributed by atoms with van der Waals surface area (Å²) in [6, 6.07) is 6.66. The van der Waals surface area contributed by atoms with Crippen LogP contribution in [0.2, 0.25) is 0 Å². The van der Waals surface area contributed by atoms with Crippen LogP contribution in [0.3, 0.4) is 0 Å². The highest BCUT2D eigenvalue weighted by atomic mass is 16.5. The average molecular weight is 362 g/mol. The predicted octanol–water partition coefficient (Wildman–Crippen LogP) is 2.54. The zero-order valence-electron chi connectivity index (χ0n) is 15.2. The van der Waals surface area contributed by atoms with E-state index in [0.717, 1.165) is 0 Å². The molecule has 0 radical (unpaired) electrons. The molecule has 0 fully saturated rings. The summed E-state index contributed by atoms with van der Waals surface area (Å²) >= 11 is 0. The minimum Gasteiger partial charge on any atom is -0.497 e. The van der Waals surface area contributed by atoms with Crippen LogP contribution in [0, 0.1) is 0 Å². The number of carbonyl (C=O) groups is 2. The zero-order valence-corrected chi connectivity index (χ0v) is 15.2. The van der Waals surface area contributed by atoms with Crippen molar-refractivity contribution in [3.63, 3.8) is 0 Å². The molecule has 0 aliphatic heterocycles. The van der Waals surface area contributed by atoms with E-state index < -0.39 is 18.4 Å². The molecule has 26 heavy (non-hydrogen) atoms. The summed E-state index contributed by atoms with van der Waals surface area (Å²) in [6.45, 7) is 3.41. The number of nitrogens with zero attached hydrogens (tertiary/aromatic N) is 2. The fraction of sp³-hybridized carbons (Fsp3) is 0.389. The molecule has 0 unspecified atom stereocenters. The van der Waals surface area contributed by atoms with Crippen molar-refractivity contribution in [2.75, 3.05) is 20.8 Å². The fourth-order valence-electron chi connectivity index (χ4n) is 2.37. The van der Waals surface area contributed by atoms with Crippen LogP contribution in [0.4, 0.5) is 0 Å². The Kier molecular flexibility index (Phi) is 6.21. The van der Waals surface area contributed by atoms with Crippen LogP contribution in [0.15, 0.2) is 28.8 Å². The van der Waals surface area contributed by atoms with Gasteiger partial charge >= 0.3 is 5.97 Å². The van der Waals surface area contributed by atoms with Gasteiger partial charge in [0.2, 0.25) is 0 Å². The number of methoxy groups -OCH3 is 2. The normalized spacial score (nSPS) is 10.7. The van der Waals surface area contributed by atoms with E-state index in [2.05, 4.69) is 5.16 Å². The van der Waals surface area contributed by atoms with Crippen molar-refractivity contribution in [3.8, 4) is 11.5 Å². The van der Waals surface area contributed by atoms with E-state index in [1.807, 2.05) is 13.8 Å². The van der Waals surface area contributed by atoms with Crippen molar-refractivity contribution in [1.29, 1.82) is 0 Å². The molecule has 8 nitrogen and oxygen atoms in total. The summed E-state index contributed by atoms with van der Waals surface area (Å²) in [5.74, 6) is 0.0770. The lowest BCUT2D eigenvalue weighted by Gasteiger charge is -2.20. The van der Waals surface area contributed by atoms with Crippen LogP contribution in [0.1, 0.15) is 41.6 Å². The monoisotopic (exact) mass is 362 g/mol. The van der Waals surface area contributed by atoms with Crippen LogP contribution in [-0.2, 0) is 11.3 Å². The Hall–Kier alpha value is -3.03.